The Hall–Kier alpha value is -1.26. The number of benzene rings is 1. The summed E-state index contributed by atoms with van der Waals surface area (Å²) in [5, 5.41) is 0. The van der Waals surface area contributed by atoms with Gasteiger partial charge in [-0.15, -0.1) is 0 Å². The maximum Gasteiger partial charge on any atom is 0.387 e. The van der Waals surface area contributed by atoms with Gasteiger partial charge in [-0.2, -0.15) is 8.78 Å². The Morgan fingerprint density at radius 1 is 0.719 bits per heavy atom. The van der Waals surface area contributed by atoms with Crippen molar-refractivity contribution in [2.75, 3.05) is 0 Å². The Bertz CT molecular complexity index is 691. The van der Waals surface area contributed by atoms with Gasteiger partial charge in [0.15, 0.2) is 17.4 Å². The Kier molecular flexibility index (Phi) is 8.39. The van der Waals surface area contributed by atoms with E-state index in [0.29, 0.717) is 5.56 Å². The summed E-state index contributed by atoms with van der Waals surface area (Å²) in [4.78, 5) is 0. The molecule has 0 N–H and O–H groups in total. The van der Waals surface area contributed by atoms with Crippen molar-refractivity contribution in [2.45, 2.75) is 109 Å². The first-order valence-corrected chi connectivity index (χ1v) is 12.9. The summed E-state index contributed by atoms with van der Waals surface area (Å²) in [5.74, 6) is 0.516. The SMILES string of the molecule is Fc1cc([C@H]2CC[C@H]([C@H]3CC[C@H](CCCC4CCCC4)CC3)CC2)cc(F)c1OC(F)F. The second-order valence-corrected chi connectivity index (χ2v) is 10.7. The van der Waals surface area contributed by atoms with Crippen LogP contribution in [0.25, 0.3) is 0 Å². The van der Waals surface area contributed by atoms with E-state index in [9.17, 15) is 17.6 Å². The lowest BCUT2D eigenvalue weighted by Crippen LogP contribution is -2.25. The fourth-order valence-electron chi connectivity index (χ4n) is 6.88. The third kappa shape index (κ3) is 6.20. The number of hydrogen-bond acceptors (Lipinski definition) is 1. The molecule has 0 unspecified atom stereocenters. The van der Waals surface area contributed by atoms with Crippen molar-refractivity contribution in [2.24, 2.45) is 23.7 Å². The Balaban J connectivity index is 1.20. The van der Waals surface area contributed by atoms with Crippen LogP contribution in [0.15, 0.2) is 12.1 Å². The molecule has 3 fully saturated rings. The van der Waals surface area contributed by atoms with Crippen LogP contribution in [0.3, 0.4) is 0 Å². The van der Waals surface area contributed by atoms with E-state index in [2.05, 4.69) is 4.74 Å². The van der Waals surface area contributed by atoms with E-state index in [4.69, 9.17) is 0 Å². The van der Waals surface area contributed by atoms with E-state index < -0.39 is 24.0 Å². The largest absolute Gasteiger partial charge is 0.429 e. The minimum Gasteiger partial charge on any atom is -0.429 e. The zero-order chi connectivity index (χ0) is 22.5. The lowest BCUT2D eigenvalue weighted by atomic mass is 9.68. The van der Waals surface area contributed by atoms with Crippen molar-refractivity contribution in [1.82, 2.24) is 0 Å². The standard InChI is InChI=1S/C27H38F4O/c28-24-16-23(17-25(29)26(24)32-27(30)31)22-14-12-21(13-15-22)20-10-8-19(9-11-20)7-3-6-18-4-1-2-5-18/h16-22,27H,1-15H2/t19-,20-,21-,22-. The number of ether oxygens (including phenoxy) is 1. The highest BCUT2D eigenvalue weighted by Gasteiger charge is 2.32. The Labute approximate surface area is 190 Å². The van der Waals surface area contributed by atoms with Gasteiger partial charge in [0.05, 0.1) is 0 Å². The summed E-state index contributed by atoms with van der Waals surface area (Å²) in [6.45, 7) is -3.23. The normalized spacial score (nSPS) is 29.5. The first-order valence-electron chi connectivity index (χ1n) is 12.9. The van der Waals surface area contributed by atoms with Crippen molar-refractivity contribution in [1.29, 1.82) is 0 Å². The monoisotopic (exact) mass is 454 g/mol. The van der Waals surface area contributed by atoms with Gasteiger partial charge in [-0.25, -0.2) is 8.78 Å². The lowest BCUT2D eigenvalue weighted by molar-refractivity contribution is -0.0546. The molecule has 3 saturated carbocycles. The van der Waals surface area contributed by atoms with Crippen molar-refractivity contribution in [3.05, 3.63) is 29.3 Å². The van der Waals surface area contributed by atoms with Crippen LogP contribution in [0, 0.1) is 35.3 Å². The van der Waals surface area contributed by atoms with Gasteiger partial charge in [-0.1, -0.05) is 57.8 Å². The lowest BCUT2D eigenvalue weighted by Gasteiger charge is -2.38. The van der Waals surface area contributed by atoms with Crippen LogP contribution in [0.1, 0.15) is 108 Å². The average molecular weight is 455 g/mol. The maximum atomic E-state index is 14.1. The quantitative estimate of drug-likeness (QED) is 0.356. The van der Waals surface area contributed by atoms with E-state index in [1.165, 1.54) is 82.8 Å². The van der Waals surface area contributed by atoms with Crippen LogP contribution in [0.5, 0.6) is 5.75 Å². The van der Waals surface area contributed by atoms with Crippen LogP contribution in [0.2, 0.25) is 0 Å². The van der Waals surface area contributed by atoms with E-state index >= 15 is 0 Å². The molecule has 5 heteroatoms. The molecule has 180 valence electrons. The highest BCUT2D eigenvalue weighted by molar-refractivity contribution is 5.33. The number of alkyl halides is 2. The molecule has 3 aliphatic rings. The van der Waals surface area contributed by atoms with Gasteiger partial charge in [0.25, 0.3) is 0 Å². The maximum absolute atomic E-state index is 14.1. The van der Waals surface area contributed by atoms with Gasteiger partial charge < -0.3 is 4.74 Å². The topological polar surface area (TPSA) is 9.23 Å². The highest BCUT2D eigenvalue weighted by atomic mass is 19.3. The van der Waals surface area contributed by atoms with Gasteiger partial charge in [-0.3, -0.25) is 0 Å². The van der Waals surface area contributed by atoms with Crippen LogP contribution in [-0.2, 0) is 0 Å². The number of rotatable bonds is 8. The van der Waals surface area contributed by atoms with Crippen molar-refractivity contribution >= 4 is 0 Å². The molecule has 3 aliphatic carbocycles. The van der Waals surface area contributed by atoms with Crippen molar-refractivity contribution in [3.8, 4) is 5.75 Å². The molecule has 0 atom stereocenters. The van der Waals surface area contributed by atoms with Crippen LogP contribution >= 0.6 is 0 Å². The highest BCUT2D eigenvalue weighted by Crippen LogP contribution is 2.45. The predicted octanol–water partition coefficient (Wildman–Crippen LogP) is 9.01. The van der Waals surface area contributed by atoms with E-state index in [1.807, 2.05) is 0 Å². The average Bonchev–Trinajstić information content (AvgIpc) is 3.30. The third-order valence-electron chi connectivity index (χ3n) is 8.73. The third-order valence-corrected chi connectivity index (χ3v) is 8.73. The van der Waals surface area contributed by atoms with Crippen molar-refractivity contribution < 1.29 is 22.3 Å². The number of halogens is 4. The molecule has 0 spiro atoms. The summed E-state index contributed by atoms with van der Waals surface area (Å²) in [7, 11) is 0. The second-order valence-electron chi connectivity index (χ2n) is 10.7. The fourth-order valence-corrected chi connectivity index (χ4v) is 6.88. The molecule has 4 rings (SSSR count). The molecule has 0 heterocycles. The summed E-state index contributed by atoms with van der Waals surface area (Å²) >= 11 is 0. The minimum atomic E-state index is -3.23. The van der Waals surface area contributed by atoms with Gasteiger partial charge in [0, 0.05) is 0 Å². The molecule has 1 nitrogen and oxygen atoms in total. The molecule has 0 radical (unpaired) electrons. The summed E-state index contributed by atoms with van der Waals surface area (Å²) in [6.07, 6.45) is 19.5. The predicted molar refractivity (Wildman–Crippen MR) is 119 cm³/mol. The van der Waals surface area contributed by atoms with E-state index in [0.717, 1.165) is 49.4 Å². The van der Waals surface area contributed by atoms with Crippen LogP contribution < -0.4 is 4.74 Å². The van der Waals surface area contributed by atoms with Gasteiger partial charge in [0.2, 0.25) is 0 Å². The molecule has 0 aromatic heterocycles. The Morgan fingerprint density at radius 2 is 1.22 bits per heavy atom. The zero-order valence-electron chi connectivity index (χ0n) is 19.1. The Morgan fingerprint density at radius 3 is 1.75 bits per heavy atom. The van der Waals surface area contributed by atoms with Crippen molar-refractivity contribution in [3.63, 3.8) is 0 Å². The fraction of sp³-hybridized carbons (Fsp3) is 0.778. The molecule has 0 amide bonds. The van der Waals surface area contributed by atoms with Gasteiger partial charge >= 0.3 is 6.61 Å². The molecule has 1 aromatic rings. The minimum absolute atomic E-state index is 0.0998. The molecule has 0 bridgehead atoms. The van der Waals surface area contributed by atoms with Gasteiger partial charge in [-0.05, 0) is 85.8 Å². The molecule has 1 aromatic carbocycles. The second kappa shape index (κ2) is 11.2. The molecular weight excluding hydrogens is 416 g/mol. The summed E-state index contributed by atoms with van der Waals surface area (Å²) in [6, 6.07) is 2.37. The first-order chi connectivity index (χ1) is 15.5. The van der Waals surface area contributed by atoms with Crippen LogP contribution in [-0.4, -0.2) is 6.61 Å². The first kappa shape index (κ1) is 23.9. The molecule has 0 saturated heterocycles. The number of hydrogen-bond donors (Lipinski definition) is 0. The van der Waals surface area contributed by atoms with Gasteiger partial charge in [0.1, 0.15) is 0 Å². The molecule has 32 heavy (non-hydrogen) atoms. The van der Waals surface area contributed by atoms with E-state index in [1.54, 1.807) is 0 Å². The smallest absolute Gasteiger partial charge is 0.387 e. The zero-order valence-corrected chi connectivity index (χ0v) is 19.1. The molecular formula is C27H38F4O. The van der Waals surface area contributed by atoms with Crippen LogP contribution in [0.4, 0.5) is 17.6 Å². The summed E-state index contributed by atoms with van der Waals surface area (Å²) in [5.41, 5.74) is 0.575. The molecule has 0 aliphatic heterocycles. The van der Waals surface area contributed by atoms with E-state index in [-0.39, 0.29) is 5.92 Å². The summed E-state index contributed by atoms with van der Waals surface area (Å²) < 4.78 is 56.9.